The van der Waals surface area contributed by atoms with Crippen molar-refractivity contribution in [2.75, 3.05) is 27.3 Å². The third kappa shape index (κ3) is 4.09. The van der Waals surface area contributed by atoms with E-state index in [0.29, 0.717) is 47.8 Å². The molecule has 0 spiro atoms. The minimum absolute atomic E-state index is 0.146. The van der Waals surface area contributed by atoms with Gasteiger partial charge in [-0.2, -0.15) is 18.3 Å². The van der Waals surface area contributed by atoms with Gasteiger partial charge >= 0.3 is 6.18 Å². The van der Waals surface area contributed by atoms with Crippen molar-refractivity contribution < 1.29 is 27.4 Å². The molecule has 170 valence electrons. The number of benzene rings is 1. The van der Waals surface area contributed by atoms with Crippen LogP contribution in [-0.4, -0.2) is 52.7 Å². The average molecular weight is 448 g/mol. The zero-order valence-electron chi connectivity index (χ0n) is 17.9. The standard InChI is InChI=1S/C22H23F3N4O3/c1-13-9-20-26-17(11-19(22(23,24)25)29(20)27-13)14-5-4-8-28(12-14)21(30)16-7-6-15(31-2)10-18(16)32-3/h6-7,9-11,14H,4-5,8,12H2,1-3H3/t14-/m1/s1. The highest BCUT2D eigenvalue weighted by Gasteiger charge is 2.36. The molecular weight excluding hydrogens is 425 g/mol. The van der Waals surface area contributed by atoms with Crippen molar-refractivity contribution in [2.45, 2.75) is 31.9 Å². The summed E-state index contributed by atoms with van der Waals surface area (Å²) in [6.07, 6.45) is -3.28. The monoisotopic (exact) mass is 448 g/mol. The van der Waals surface area contributed by atoms with Crippen molar-refractivity contribution in [3.8, 4) is 11.5 Å². The number of rotatable bonds is 4. The van der Waals surface area contributed by atoms with E-state index in [4.69, 9.17) is 9.47 Å². The lowest BCUT2D eigenvalue weighted by Gasteiger charge is -2.33. The number of hydrogen-bond acceptors (Lipinski definition) is 5. The van der Waals surface area contributed by atoms with Crippen LogP contribution < -0.4 is 9.47 Å². The fourth-order valence-corrected chi connectivity index (χ4v) is 4.07. The second kappa shape index (κ2) is 8.33. The molecule has 4 rings (SSSR count). The Hall–Kier alpha value is -3.30. The SMILES string of the molecule is COc1ccc(C(=O)N2CCC[C@@H](c3cc(C(F)(F)F)n4nc(C)cc4n3)C2)c(OC)c1. The third-order valence-electron chi connectivity index (χ3n) is 5.63. The maximum atomic E-state index is 13.7. The molecule has 1 aliphatic rings. The smallest absolute Gasteiger partial charge is 0.433 e. The summed E-state index contributed by atoms with van der Waals surface area (Å²) in [7, 11) is 2.99. The minimum Gasteiger partial charge on any atom is -0.497 e. The van der Waals surface area contributed by atoms with Crippen LogP contribution in [0.5, 0.6) is 11.5 Å². The lowest BCUT2D eigenvalue weighted by atomic mass is 9.93. The lowest BCUT2D eigenvalue weighted by molar-refractivity contribution is -0.142. The highest BCUT2D eigenvalue weighted by molar-refractivity contribution is 5.97. The Morgan fingerprint density at radius 3 is 2.62 bits per heavy atom. The molecule has 0 saturated carbocycles. The molecule has 0 bridgehead atoms. The molecule has 32 heavy (non-hydrogen) atoms. The average Bonchev–Trinajstić information content (AvgIpc) is 3.16. The molecule has 10 heteroatoms. The predicted molar refractivity (Wildman–Crippen MR) is 110 cm³/mol. The summed E-state index contributed by atoms with van der Waals surface area (Å²) in [6.45, 7) is 2.39. The molecule has 0 unspecified atom stereocenters. The minimum atomic E-state index is -4.57. The number of alkyl halides is 3. The molecule has 1 amide bonds. The number of aromatic nitrogens is 3. The fourth-order valence-electron chi connectivity index (χ4n) is 4.07. The number of aryl methyl sites for hydroxylation is 1. The maximum absolute atomic E-state index is 13.7. The van der Waals surface area contributed by atoms with E-state index >= 15 is 0 Å². The maximum Gasteiger partial charge on any atom is 0.433 e. The van der Waals surface area contributed by atoms with Crippen LogP contribution in [0.3, 0.4) is 0 Å². The van der Waals surface area contributed by atoms with E-state index in [1.807, 2.05) is 0 Å². The van der Waals surface area contributed by atoms with Crippen LogP contribution in [0.4, 0.5) is 13.2 Å². The molecule has 0 aliphatic carbocycles. The summed E-state index contributed by atoms with van der Waals surface area (Å²) < 4.78 is 52.3. The van der Waals surface area contributed by atoms with Crippen molar-refractivity contribution in [1.29, 1.82) is 0 Å². The van der Waals surface area contributed by atoms with Gasteiger partial charge in [0.15, 0.2) is 5.65 Å². The van der Waals surface area contributed by atoms with Gasteiger partial charge in [0.25, 0.3) is 5.91 Å². The van der Waals surface area contributed by atoms with E-state index in [-0.39, 0.29) is 24.0 Å². The van der Waals surface area contributed by atoms with Crippen LogP contribution in [0, 0.1) is 6.92 Å². The summed E-state index contributed by atoms with van der Waals surface area (Å²) in [5.41, 5.74) is 0.411. The molecule has 1 aliphatic heterocycles. The Labute approximate surface area is 182 Å². The number of carbonyl (C=O) groups excluding carboxylic acids is 1. The Balaban J connectivity index is 1.65. The lowest BCUT2D eigenvalue weighted by Crippen LogP contribution is -2.39. The first-order valence-corrected chi connectivity index (χ1v) is 10.2. The van der Waals surface area contributed by atoms with Gasteiger partial charge in [-0.25, -0.2) is 9.50 Å². The van der Waals surface area contributed by atoms with Gasteiger partial charge in [0.1, 0.15) is 17.2 Å². The number of piperidine rings is 1. The number of methoxy groups -OCH3 is 2. The van der Waals surface area contributed by atoms with Crippen LogP contribution in [-0.2, 0) is 6.18 Å². The van der Waals surface area contributed by atoms with E-state index in [1.165, 1.54) is 20.3 Å². The molecular formula is C22H23F3N4O3. The zero-order chi connectivity index (χ0) is 23.0. The number of hydrogen-bond donors (Lipinski definition) is 0. The number of nitrogens with zero attached hydrogens (tertiary/aromatic N) is 4. The van der Waals surface area contributed by atoms with Crippen LogP contribution in [0.1, 0.15) is 46.2 Å². The van der Waals surface area contributed by atoms with Crippen molar-refractivity contribution in [3.05, 3.63) is 53.0 Å². The van der Waals surface area contributed by atoms with Gasteiger partial charge in [0, 0.05) is 36.8 Å². The van der Waals surface area contributed by atoms with E-state index < -0.39 is 11.9 Å². The fraction of sp³-hybridized carbons (Fsp3) is 0.409. The van der Waals surface area contributed by atoms with Crippen molar-refractivity contribution in [1.82, 2.24) is 19.5 Å². The van der Waals surface area contributed by atoms with Crippen LogP contribution in [0.15, 0.2) is 30.3 Å². The number of carbonyl (C=O) groups is 1. The molecule has 0 radical (unpaired) electrons. The molecule has 1 fully saturated rings. The molecule has 1 aromatic carbocycles. The van der Waals surface area contributed by atoms with Gasteiger partial charge in [0.2, 0.25) is 0 Å². The first-order valence-electron chi connectivity index (χ1n) is 10.2. The molecule has 7 nitrogen and oxygen atoms in total. The second-order valence-corrected chi connectivity index (χ2v) is 7.78. The van der Waals surface area contributed by atoms with Gasteiger partial charge in [-0.1, -0.05) is 0 Å². The molecule has 1 saturated heterocycles. The van der Waals surface area contributed by atoms with Crippen molar-refractivity contribution in [3.63, 3.8) is 0 Å². The van der Waals surface area contributed by atoms with E-state index in [0.717, 1.165) is 10.6 Å². The highest BCUT2D eigenvalue weighted by Crippen LogP contribution is 2.34. The summed E-state index contributed by atoms with van der Waals surface area (Å²) in [5.74, 6) is 0.373. The quantitative estimate of drug-likeness (QED) is 0.601. The molecule has 2 aromatic heterocycles. The topological polar surface area (TPSA) is 69.0 Å². The van der Waals surface area contributed by atoms with Crippen LogP contribution in [0.2, 0.25) is 0 Å². The summed E-state index contributed by atoms with van der Waals surface area (Å²) in [6, 6.07) is 7.50. The largest absolute Gasteiger partial charge is 0.497 e. The number of amides is 1. The molecule has 3 heterocycles. The summed E-state index contributed by atoms with van der Waals surface area (Å²) in [4.78, 5) is 19.3. The first-order chi connectivity index (χ1) is 15.2. The van der Waals surface area contributed by atoms with Gasteiger partial charge < -0.3 is 14.4 Å². The third-order valence-corrected chi connectivity index (χ3v) is 5.63. The van der Waals surface area contributed by atoms with E-state index in [9.17, 15) is 18.0 Å². The predicted octanol–water partition coefficient (Wildman–Crippen LogP) is 4.09. The Bertz CT molecular complexity index is 1160. The van der Waals surface area contributed by atoms with E-state index in [2.05, 4.69) is 10.1 Å². The number of halogens is 3. The highest BCUT2D eigenvalue weighted by atomic mass is 19.4. The number of ether oxygens (including phenoxy) is 2. The Kier molecular flexibility index (Phi) is 5.70. The number of likely N-dealkylation sites (tertiary alicyclic amines) is 1. The van der Waals surface area contributed by atoms with Gasteiger partial charge in [0.05, 0.1) is 25.5 Å². The Morgan fingerprint density at radius 2 is 1.94 bits per heavy atom. The van der Waals surface area contributed by atoms with Gasteiger partial charge in [-0.15, -0.1) is 0 Å². The summed E-state index contributed by atoms with van der Waals surface area (Å²) in [5, 5.41) is 3.93. The first kappa shape index (κ1) is 21.9. The van der Waals surface area contributed by atoms with Crippen molar-refractivity contribution >= 4 is 11.6 Å². The van der Waals surface area contributed by atoms with E-state index in [1.54, 1.807) is 30.0 Å². The normalized spacial score (nSPS) is 16.9. The molecule has 1 atom stereocenters. The molecule has 0 N–H and O–H groups in total. The van der Waals surface area contributed by atoms with Gasteiger partial charge in [-0.3, -0.25) is 4.79 Å². The Morgan fingerprint density at radius 1 is 1.16 bits per heavy atom. The van der Waals surface area contributed by atoms with Crippen LogP contribution >= 0.6 is 0 Å². The second-order valence-electron chi connectivity index (χ2n) is 7.78. The summed E-state index contributed by atoms with van der Waals surface area (Å²) >= 11 is 0. The zero-order valence-corrected chi connectivity index (χ0v) is 17.9. The van der Waals surface area contributed by atoms with Crippen molar-refractivity contribution in [2.24, 2.45) is 0 Å². The number of fused-ring (bicyclic) bond motifs is 1. The molecule has 3 aromatic rings. The van der Waals surface area contributed by atoms with Crippen LogP contribution in [0.25, 0.3) is 5.65 Å². The van der Waals surface area contributed by atoms with Gasteiger partial charge in [-0.05, 0) is 38.0 Å².